The lowest BCUT2D eigenvalue weighted by Crippen LogP contribution is -2.45. The first kappa shape index (κ1) is 16.2. The van der Waals surface area contributed by atoms with Crippen molar-refractivity contribution >= 4 is 11.6 Å². The number of para-hydroxylation sites is 1. The van der Waals surface area contributed by atoms with Crippen LogP contribution in [-0.4, -0.2) is 39.7 Å². The molecule has 1 saturated heterocycles. The topological polar surface area (TPSA) is 50.2 Å². The van der Waals surface area contributed by atoms with E-state index in [9.17, 15) is 4.79 Å². The molecule has 5 nitrogen and oxygen atoms in total. The van der Waals surface area contributed by atoms with E-state index >= 15 is 0 Å². The molecule has 4 rings (SSSR count). The summed E-state index contributed by atoms with van der Waals surface area (Å²) in [7, 11) is 1.91. The van der Waals surface area contributed by atoms with Crippen LogP contribution in [0.1, 0.15) is 47.4 Å². The van der Waals surface area contributed by atoms with E-state index in [-0.39, 0.29) is 5.91 Å². The number of anilines is 1. The van der Waals surface area contributed by atoms with Gasteiger partial charge in [-0.25, -0.2) is 0 Å². The molecule has 1 aromatic carbocycles. The minimum Gasteiger partial charge on any atom is -0.381 e. The van der Waals surface area contributed by atoms with Crippen LogP contribution in [0.3, 0.4) is 0 Å². The van der Waals surface area contributed by atoms with Crippen molar-refractivity contribution in [2.75, 3.05) is 18.4 Å². The fourth-order valence-electron chi connectivity index (χ4n) is 4.15. The van der Waals surface area contributed by atoms with Gasteiger partial charge in [0, 0.05) is 37.4 Å². The van der Waals surface area contributed by atoms with E-state index in [1.54, 1.807) is 0 Å². The maximum atomic E-state index is 13.2. The van der Waals surface area contributed by atoms with Gasteiger partial charge in [0.25, 0.3) is 5.91 Å². The highest BCUT2D eigenvalue weighted by molar-refractivity contribution is 5.94. The Morgan fingerprint density at radius 1 is 1.16 bits per heavy atom. The Labute approximate surface area is 149 Å². The number of likely N-dealkylation sites (tertiary alicyclic amines) is 1. The molecule has 0 spiro atoms. The number of amides is 1. The summed E-state index contributed by atoms with van der Waals surface area (Å²) in [6.07, 6.45) is 6.48. The molecule has 0 radical (unpaired) electrons. The van der Waals surface area contributed by atoms with Crippen molar-refractivity contribution in [2.24, 2.45) is 7.05 Å². The summed E-state index contributed by atoms with van der Waals surface area (Å²) in [6, 6.07) is 10.6. The summed E-state index contributed by atoms with van der Waals surface area (Å²) in [5.74, 6) is 0.151. The van der Waals surface area contributed by atoms with Gasteiger partial charge in [0.2, 0.25) is 0 Å². The number of rotatable bonds is 3. The number of carbonyl (C=O) groups excluding carboxylic acids is 1. The van der Waals surface area contributed by atoms with Crippen molar-refractivity contribution in [2.45, 2.75) is 44.6 Å². The molecule has 2 aromatic rings. The van der Waals surface area contributed by atoms with Crippen LogP contribution in [0.2, 0.25) is 0 Å². The monoisotopic (exact) mass is 338 g/mol. The molecule has 1 fully saturated rings. The van der Waals surface area contributed by atoms with Gasteiger partial charge in [0.05, 0.1) is 5.69 Å². The lowest BCUT2D eigenvalue weighted by molar-refractivity contribution is 0.0702. The maximum Gasteiger partial charge on any atom is 0.272 e. The first-order chi connectivity index (χ1) is 12.2. The normalized spacial score (nSPS) is 20.2. The van der Waals surface area contributed by atoms with E-state index in [1.807, 2.05) is 34.8 Å². The molecular formula is C20H26N4O. The number of nitrogens with zero attached hydrogens (tertiary/aromatic N) is 3. The number of carbonyl (C=O) groups is 1. The molecule has 1 aliphatic carbocycles. The SMILES string of the molecule is Cn1nc2c(c1C(=O)N1CCCC(Nc3ccccc3)C1)CCCC2. The Hall–Kier alpha value is -2.30. The van der Waals surface area contributed by atoms with Crippen LogP contribution in [0, 0.1) is 0 Å². The van der Waals surface area contributed by atoms with Crippen LogP contribution in [0.15, 0.2) is 30.3 Å². The molecule has 0 bridgehead atoms. The highest BCUT2D eigenvalue weighted by Crippen LogP contribution is 2.26. The minimum absolute atomic E-state index is 0.151. The minimum atomic E-state index is 0.151. The van der Waals surface area contributed by atoms with Crippen LogP contribution in [0.5, 0.6) is 0 Å². The van der Waals surface area contributed by atoms with Crippen molar-refractivity contribution in [3.8, 4) is 0 Å². The van der Waals surface area contributed by atoms with Gasteiger partial charge in [-0.15, -0.1) is 0 Å². The molecule has 1 aromatic heterocycles. The average molecular weight is 338 g/mol. The molecule has 2 aliphatic rings. The second-order valence-corrected chi connectivity index (χ2v) is 7.21. The van der Waals surface area contributed by atoms with E-state index in [0.717, 1.165) is 62.3 Å². The second-order valence-electron chi connectivity index (χ2n) is 7.21. The van der Waals surface area contributed by atoms with E-state index in [0.29, 0.717) is 6.04 Å². The van der Waals surface area contributed by atoms with Gasteiger partial charge in [-0.3, -0.25) is 9.48 Å². The van der Waals surface area contributed by atoms with Crippen LogP contribution >= 0.6 is 0 Å². The zero-order valence-electron chi connectivity index (χ0n) is 14.9. The zero-order valence-corrected chi connectivity index (χ0v) is 14.9. The van der Waals surface area contributed by atoms with E-state index in [1.165, 1.54) is 12.0 Å². The highest BCUT2D eigenvalue weighted by Gasteiger charge is 2.30. The third-order valence-corrected chi connectivity index (χ3v) is 5.37. The molecule has 0 saturated carbocycles. The molecule has 1 unspecified atom stereocenters. The number of hydrogen-bond acceptors (Lipinski definition) is 3. The third kappa shape index (κ3) is 3.28. The van der Waals surface area contributed by atoms with Gasteiger partial charge >= 0.3 is 0 Å². The fourth-order valence-corrected chi connectivity index (χ4v) is 4.15. The van der Waals surface area contributed by atoms with Crippen LogP contribution in [-0.2, 0) is 19.9 Å². The van der Waals surface area contributed by atoms with Crippen molar-refractivity contribution in [3.05, 3.63) is 47.3 Å². The maximum absolute atomic E-state index is 13.2. The summed E-state index contributed by atoms with van der Waals surface area (Å²) < 4.78 is 1.81. The Morgan fingerprint density at radius 3 is 2.80 bits per heavy atom. The summed E-state index contributed by atoms with van der Waals surface area (Å²) >= 11 is 0. The lowest BCUT2D eigenvalue weighted by Gasteiger charge is -2.34. The van der Waals surface area contributed by atoms with Crippen molar-refractivity contribution in [1.29, 1.82) is 0 Å². The average Bonchev–Trinajstić information content (AvgIpc) is 2.98. The fraction of sp³-hybridized carbons (Fsp3) is 0.500. The molecule has 1 aliphatic heterocycles. The van der Waals surface area contributed by atoms with Gasteiger partial charge in [-0.05, 0) is 50.7 Å². The predicted octanol–water partition coefficient (Wildman–Crippen LogP) is 3.02. The molecule has 1 amide bonds. The number of fused-ring (bicyclic) bond motifs is 1. The summed E-state index contributed by atoms with van der Waals surface area (Å²) in [6.45, 7) is 1.60. The second kappa shape index (κ2) is 6.90. The molecule has 132 valence electrons. The third-order valence-electron chi connectivity index (χ3n) is 5.37. The summed E-state index contributed by atoms with van der Waals surface area (Å²) in [5.41, 5.74) is 4.26. The smallest absolute Gasteiger partial charge is 0.272 e. The standard InChI is InChI=1S/C20H26N4O/c1-23-19(17-11-5-6-12-18(17)22-23)20(25)24-13-7-10-16(14-24)21-15-8-3-2-4-9-15/h2-4,8-9,16,21H,5-7,10-14H2,1H3. The Kier molecular flexibility index (Phi) is 4.47. The molecule has 1 atom stereocenters. The van der Waals surface area contributed by atoms with Gasteiger partial charge < -0.3 is 10.2 Å². The first-order valence-corrected chi connectivity index (χ1v) is 9.38. The zero-order chi connectivity index (χ0) is 17.2. The Morgan fingerprint density at radius 2 is 1.96 bits per heavy atom. The summed E-state index contributed by atoms with van der Waals surface area (Å²) in [4.78, 5) is 15.2. The van der Waals surface area contributed by atoms with Gasteiger partial charge in [0.1, 0.15) is 5.69 Å². The molecule has 25 heavy (non-hydrogen) atoms. The van der Waals surface area contributed by atoms with E-state index in [2.05, 4.69) is 22.5 Å². The number of nitrogens with one attached hydrogen (secondary N) is 1. The van der Waals surface area contributed by atoms with E-state index in [4.69, 9.17) is 0 Å². The number of benzene rings is 1. The van der Waals surface area contributed by atoms with E-state index < -0.39 is 0 Å². The predicted molar refractivity (Wildman–Crippen MR) is 98.8 cm³/mol. The molecule has 2 heterocycles. The molecule has 5 heteroatoms. The number of piperidine rings is 1. The lowest BCUT2D eigenvalue weighted by atomic mass is 9.95. The van der Waals surface area contributed by atoms with Crippen molar-refractivity contribution < 1.29 is 4.79 Å². The van der Waals surface area contributed by atoms with Gasteiger partial charge in [-0.1, -0.05) is 18.2 Å². The Balaban J connectivity index is 1.50. The molecule has 1 N–H and O–H groups in total. The van der Waals surface area contributed by atoms with Gasteiger partial charge in [0.15, 0.2) is 0 Å². The Bertz CT molecular complexity index is 753. The van der Waals surface area contributed by atoms with Crippen molar-refractivity contribution in [3.63, 3.8) is 0 Å². The summed E-state index contributed by atoms with van der Waals surface area (Å²) in [5, 5.41) is 8.18. The molecular weight excluding hydrogens is 312 g/mol. The van der Waals surface area contributed by atoms with Gasteiger partial charge in [-0.2, -0.15) is 5.10 Å². The van der Waals surface area contributed by atoms with Crippen LogP contribution < -0.4 is 5.32 Å². The number of hydrogen-bond donors (Lipinski definition) is 1. The number of aromatic nitrogens is 2. The number of aryl methyl sites for hydroxylation is 2. The van der Waals surface area contributed by atoms with Crippen LogP contribution in [0.25, 0.3) is 0 Å². The first-order valence-electron chi connectivity index (χ1n) is 9.38. The quantitative estimate of drug-likeness (QED) is 0.936. The highest BCUT2D eigenvalue weighted by atomic mass is 16.2. The largest absolute Gasteiger partial charge is 0.381 e. The van der Waals surface area contributed by atoms with Crippen LogP contribution in [0.4, 0.5) is 5.69 Å². The van der Waals surface area contributed by atoms with Crippen molar-refractivity contribution in [1.82, 2.24) is 14.7 Å².